The molecule has 2 aromatic rings. The van der Waals surface area contributed by atoms with Crippen LogP contribution in [-0.4, -0.2) is 32.0 Å². The average molecular weight is 310 g/mol. The molecule has 0 aliphatic rings. The summed E-state index contributed by atoms with van der Waals surface area (Å²) in [5, 5.41) is 0. The number of aryl methyl sites for hydroxylation is 1. The Bertz CT molecular complexity index is 711. The van der Waals surface area contributed by atoms with Crippen molar-refractivity contribution in [3.8, 4) is 5.75 Å². The number of imidazole rings is 1. The van der Waals surface area contributed by atoms with Crippen LogP contribution in [0.5, 0.6) is 5.75 Å². The van der Waals surface area contributed by atoms with E-state index in [1.165, 1.54) is 13.2 Å². The van der Waals surface area contributed by atoms with Crippen LogP contribution in [-0.2, 0) is 16.4 Å². The van der Waals surface area contributed by atoms with Gasteiger partial charge in [0.15, 0.2) is 0 Å². The fourth-order valence-corrected chi connectivity index (χ4v) is 3.08. The van der Waals surface area contributed by atoms with Gasteiger partial charge in [-0.1, -0.05) is 0 Å². The third kappa shape index (κ3) is 3.53. The number of sulfonamides is 1. The molecule has 21 heavy (non-hydrogen) atoms. The minimum Gasteiger partial charge on any atom is -0.495 e. The quantitative estimate of drug-likeness (QED) is 0.685. The number of H-pyrrole nitrogens is 1. The van der Waals surface area contributed by atoms with Crippen LogP contribution in [0.2, 0.25) is 0 Å². The van der Waals surface area contributed by atoms with E-state index in [1.807, 2.05) is 0 Å². The van der Waals surface area contributed by atoms with Crippen LogP contribution in [0.25, 0.3) is 0 Å². The van der Waals surface area contributed by atoms with E-state index in [-0.39, 0.29) is 17.2 Å². The second kappa shape index (κ2) is 6.15. The molecule has 2 rings (SSSR count). The Hall–Kier alpha value is -2.06. The van der Waals surface area contributed by atoms with Crippen LogP contribution in [0.4, 0.5) is 5.69 Å². The largest absolute Gasteiger partial charge is 0.495 e. The molecule has 8 heteroatoms. The highest BCUT2D eigenvalue weighted by atomic mass is 32.2. The van der Waals surface area contributed by atoms with Crippen LogP contribution in [0.3, 0.4) is 0 Å². The molecule has 0 aliphatic heterocycles. The molecule has 1 heterocycles. The van der Waals surface area contributed by atoms with E-state index in [4.69, 9.17) is 10.5 Å². The van der Waals surface area contributed by atoms with E-state index in [0.29, 0.717) is 17.9 Å². The number of anilines is 1. The second-order valence-corrected chi connectivity index (χ2v) is 6.28. The van der Waals surface area contributed by atoms with Crippen molar-refractivity contribution in [2.24, 2.45) is 0 Å². The number of rotatable bonds is 6. The summed E-state index contributed by atoms with van der Waals surface area (Å²) in [6.45, 7) is 2.02. The van der Waals surface area contributed by atoms with Gasteiger partial charge < -0.3 is 15.5 Å². The smallest absolute Gasteiger partial charge is 0.244 e. The number of benzene rings is 1. The number of hydrogen-bond acceptors (Lipinski definition) is 5. The topological polar surface area (TPSA) is 110 Å². The molecule has 0 saturated heterocycles. The molecule has 0 bridgehead atoms. The molecule has 4 N–H and O–H groups in total. The zero-order valence-corrected chi connectivity index (χ0v) is 12.7. The van der Waals surface area contributed by atoms with Crippen molar-refractivity contribution in [2.75, 3.05) is 19.4 Å². The predicted octanol–water partition coefficient (Wildman–Crippen LogP) is 0.830. The van der Waals surface area contributed by atoms with Crippen LogP contribution in [0.15, 0.2) is 29.4 Å². The number of methoxy groups -OCH3 is 1. The third-order valence-electron chi connectivity index (χ3n) is 3.05. The van der Waals surface area contributed by atoms with Gasteiger partial charge in [-0.3, -0.25) is 0 Å². The Morgan fingerprint density at radius 1 is 1.43 bits per heavy atom. The normalized spacial score (nSPS) is 11.5. The van der Waals surface area contributed by atoms with E-state index in [2.05, 4.69) is 14.7 Å². The summed E-state index contributed by atoms with van der Waals surface area (Å²) in [5.74, 6) is 0.986. The Morgan fingerprint density at radius 3 is 2.81 bits per heavy atom. The maximum absolute atomic E-state index is 12.3. The lowest BCUT2D eigenvalue weighted by molar-refractivity contribution is 0.402. The zero-order chi connectivity index (χ0) is 15.5. The average Bonchev–Trinajstić information content (AvgIpc) is 2.94. The van der Waals surface area contributed by atoms with Crippen molar-refractivity contribution in [1.29, 1.82) is 0 Å². The highest BCUT2D eigenvalue weighted by Gasteiger charge is 2.20. The number of nitrogens with two attached hydrogens (primary N) is 1. The zero-order valence-electron chi connectivity index (χ0n) is 11.9. The Balaban J connectivity index is 2.17. The maximum atomic E-state index is 12.3. The summed E-state index contributed by atoms with van der Waals surface area (Å²) in [5.41, 5.74) is 6.95. The molecule has 0 amide bonds. The summed E-state index contributed by atoms with van der Waals surface area (Å²) >= 11 is 0. The molecule has 0 atom stereocenters. The van der Waals surface area contributed by atoms with Crippen molar-refractivity contribution in [3.05, 3.63) is 35.9 Å². The van der Waals surface area contributed by atoms with Crippen molar-refractivity contribution < 1.29 is 13.2 Å². The molecule has 0 unspecified atom stereocenters. The molecule has 114 valence electrons. The SMILES string of the molecule is COc1cc(C)c(N)cc1S(=O)(=O)NCCc1ncc[nH]1. The molecular weight excluding hydrogens is 292 g/mol. The van der Waals surface area contributed by atoms with E-state index < -0.39 is 10.0 Å². The minimum absolute atomic E-state index is 0.0348. The molecular formula is C13H18N4O3S. The third-order valence-corrected chi connectivity index (χ3v) is 4.53. The Morgan fingerprint density at radius 2 is 2.19 bits per heavy atom. The number of hydrogen-bond donors (Lipinski definition) is 3. The molecule has 0 spiro atoms. The van der Waals surface area contributed by atoms with Gasteiger partial charge in [0.05, 0.1) is 7.11 Å². The number of aromatic nitrogens is 2. The highest BCUT2D eigenvalue weighted by Crippen LogP contribution is 2.28. The van der Waals surface area contributed by atoms with Gasteiger partial charge in [-0.05, 0) is 24.6 Å². The monoisotopic (exact) mass is 310 g/mol. The fraction of sp³-hybridized carbons (Fsp3) is 0.308. The number of nitrogen functional groups attached to an aromatic ring is 1. The van der Waals surface area contributed by atoms with Crippen molar-refractivity contribution >= 4 is 15.7 Å². The first-order valence-electron chi connectivity index (χ1n) is 6.36. The van der Waals surface area contributed by atoms with Crippen LogP contribution >= 0.6 is 0 Å². The summed E-state index contributed by atoms with van der Waals surface area (Å²) in [4.78, 5) is 6.98. The van der Waals surface area contributed by atoms with E-state index in [9.17, 15) is 8.42 Å². The molecule has 1 aromatic heterocycles. The lowest BCUT2D eigenvalue weighted by Gasteiger charge is -2.12. The molecule has 0 saturated carbocycles. The lowest BCUT2D eigenvalue weighted by Crippen LogP contribution is -2.26. The van der Waals surface area contributed by atoms with Gasteiger partial charge in [-0.15, -0.1) is 0 Å². The lowest BCUT2D eigenvalue weighted by atomic mass is 10.2. The second-order valence-electron chi connectivity index (χ2n) is 4.54. The number of nitrogens with zero attached hydrogens (tertiary/aromatic N) is 1. The van der Waals surface area contributed by atoms with Crippen LogP contribution in [0.1, 0.15) is 11.4 Å². The minimum atomic E-state index is -3.69. The number of aromatic amines is 1. The van der Waals surface area contributed by atoms with E-state index in [1.54, 1.807) is 25.4 Å². The summed E-state index contributed by atoms with van der Waals surface area (Å²) < 4.78 is 32.3. The highest BCUT2D eigenvalue weighted by molar-refractivity contribution is 7.89. The van der Waals surface area contributed by atoms with Crippen molar-refractivity contribution in [2.45, 2.75) is 18.2 Å². The van der Waals surface area contributed by atoms with Gasteiger partial charge in [0.25, 0.3) is 0 Å². The molecule has 0 fully saturated rings. The van der Waals surface area contributed by atoms with E-state index in [0.717, 1.165) is 5.56 Å². The summed E-state index contributed by atoms with van der Waals surface area (Å²) in [7, 11) is -2.27. The Labute approximate surface area is 123 Å². The number of nitrogens with one attached hydrogen (secondary N) is 2. The van der Waals surface area contributed by atoms with Crippen molar-refractivity contribution in [1.82, 2.24) is 14.7 Å². The first-order chi connectivity index (χ1) is 9.94. The van der Waals surface area contributed by atoms with Crippen molar-refractivity contribution in [3.63, 3.8) is 0 Å². The summed E-state index contributed by atoms with van der Waals surface area (Å²) in [6, 6.07) is 3.01. The van der Waals surface area contributed by atoms with Gasteiger partial charge in [-0.25, -0.2) is 18.1 Å². The molecule has 7 nitrogen and oxygen atoms in total. The van der Waals surface area contributed by atoms with Gasteiger partial charge in [0, 0.05) is 31.0 Å². The first kappa shape index (κ1) is 15.3. The first-order valence-corrected chi connectivity index (χ1v) is 7.84. The molecule has 0 radical (unpaired) electrons. The van der Waals surface area contributed by atoms with Gasteiger partial charge in [0.2, 0.25) is 10.0 Å². The Kier molecular flexibility index (Phi) is 4.49. The predicted molar refractivity (Wildman–Crippen MR) is 79.6 cm³/mol. The molecule has 0 aliphatic carbocycles. The fourth-order valence-electron chi connectivity index (χ4n) is 1.86. The standard InChI is InChI=1S/C13H18N4O3S/c1-9-7-11(20-2)12(8-10(9)14)21(18,19)17-4-3-13-15-5-6-16-13/h5-8,17H,3-4,14H2,1-2H3,(H,15,16). The maximum Gasteiger partial charge on any atom is 0.244 e. The van der Waals surface area contributed by atoms with Gasteiger partial charge in [0.1, 0.15) is 16.5 Å². The van der Waals surface area contributed by atoms with E-state index >= 15 is 0 Å². The van der Waals surface area contributed by atoms with Gasteiger partial charge in [-0.2, -0.15) is 0 Å². The van der Waals surface area contributed by atoms with Crippen LogP contribution in [0, 0.1) is 6.92 Å². The summed E-state index contributed by atoms with van der Waals surface area (Å²) in [6.07, 6.45) is 3.77. The van der Waals surface area contributed by atoms with Crippen LogP contribution < -0.4 is 15.2 Å². The van der Waals surface area contributed by atoms with Gasteiger partial charge >= 0.3 is 0 Å². The number of ether oxygens (including phenoxy) is 1. The molecule has 1 aromatic carbocycles.